The number of aryl methyl sites for hydroxylation is 1. The second-order valence-corrected chi connectivity index (χ2v) is 3.63. The van der Waals surface area contributed by atoms with E-state index in [-0.39, 0.29) is 0 Å². The van der Waals surface area contributed by atoms with Crippen LogP contribution in [-0.2, 0) is 0 Å². The third-order valence-corrected chi connectivity index (χ3v) is 2.51. The Morgan fingerprint density at radius 3 is 2.86 bits per heavy atom. The molecule has 1 aromatic rings. The molecule has 1 saturated heterocycles. The summed E-state index contributed by atoms with van der Waals surface area (Å²) in [5.74, 6) is 0.950. The van der Waals surface area contributed by atoms with Crippen LogP contribution in [0.2, 0.25) is 0 Å². The topological polar surface area (TPSA) is 49.0 Å². The molecular formula is C10H16N4. The summed E-state index contributed by atoms with van der Waals surface area (Å²) in [5, 5.41) is 9.73. The summed E-state index contributed by atoms with van der Waals surface area (Å²) in [4.78, 5) is 4.33. The van der Waals surface area contributed by atoms with Gasteiger partial charge in [0.15, 0.2) is 0 Å². The fraction of sp³-hybridized carbons (Fsp3) is 0.500. The molecular weight excluding hydrogens is 176 g/mol. The zero-order chi connectivity index (χ0) is 9.97. The molecule has 0 aromatic carbocycles. The molecule has 3 N–H and O–H groups in total. The molecule has 1 aromatic heterocycles. The molecule has 14 heavy (non-hydrogen) atoms. The van der Waals surface area contributed by atoms with Crippen LogP contribution in [0.4, 0.5) is 11.5 Å². The molecule has 2 rings (SSSR count). The van der Waals surface area contributed by atoms with Crippen LogP contribution in [0.25, 0.3) is 0 Å². The molecule has 0 saturated carbocycles. The highest BCUT2D eigenvalue weighted by Gasteiger charge is 2.16. The summed E-state index contributed by atoms with van der Waals surface area (Å²) in [5.41, 5.74) is 2.31. The van der Waals surface area contributed by atoms with Crippen LogP contribution in [0.3, 0.4) is 0 Å². The molecule has 76 valence electrons. The highest BCUT2D eigenvalue weighted by molar-refractivity contribution is 5.56. The predicted molar refractivity (Wildman–Crippen MR) is 58.8 cm³/mol. The predicted octanol–water partition coefficient (Wildman–Crippen LogP) is 0.815. The van der Waals surface area contributed by atoms with Crippen molar-refractivity contribution in [2.24, 2.45) is 0 Å². The Hall–Kier alpha value is -1.29. The van der Waals surface area contributed by atoms with Crippen molar-refractivity contribution in [3.05, 3.63) is 17.8 Å². The van der Waals surface area contributed by atoms with E-state index >= 15 is 0 Å². The lowest BCUT2D eigenvalue weighted by Crippen LogP contribution is -2.51. The molecule has 1 aliphatic heterocycles. The SMILES string of the molecule is CNc1cc(NC2CNC2)ncc1C. The number of pyridine rings is 1. The summed E-state index contributed by atoms with van der Waals surface area (Å²) in [7, 11) is 1.93. The minimum atomic E-state index is 0.537. The molecule has 0 aliphatic carbocycles. The van der Waals surface area contributed by atoms with Gasteiger partial charge >= 0.3 is 0 Å². The number of nitrogens with zero attached hydrogens (tertiary/aromatic N) is 1. The highest BCUT2D eigenvalue weighted by Crippen LogP contribution is 2.17. The van der Waals surface area contributed by atoms with Crippen molar-refractivity contribution < 1.29 is 0 Å². The van der Waals surface area contributed by atoms with Gasteiger partial charge < -0.3 is 16.0 Å². The standard InChI is InChI=1S/C10H16N4/c1-7-4-13-10(3-9(7)11-2)14-8-5-12-6-8/h3-4,8,12H,5-6H2,1-2H3,(H2,11,13,14). The van der Waals surface area contributed by atoms with Gasteiger partial charge in [-0.1, -0.05) is 0 Å². The van der Waals surface area contributed by atoms with E-state index in [4.69, 9.17) is 0 Å². The van der Waals surface area contributed by atoms with Gasteiger partial charge in [-0.05, 0) is 12.5 Å². The fourth-order valence-electron chi connectivity index (χ4n) is 1.47. The Kier molecular flexibility index (Phi) is 2.54. The molecule has 0 bridgehead atoms. The first-order valence-electron chi connectivity index (χ1n) is 4.91. The number of hydrogen-bond donors (Lipinski definition) is 3. The summed E-state index contributed by atoms with van der Waals surface area (Å²) in [6.07, 6.45) is 1.89. The highest BCUT2D eigenvalue weighted by atomic mass is 15.1. The summed E-state index contributed by atoms with van der Waals surface area (Å²) < 4.78 is 0. The third-order valence-electron chi connectivity index (χ3n) is 2.51. The summed E-state index contributed by atoms with van der Waals surface area (Å²) in [6, 6.07) is 2.59. The Bertz CT molecular complexity index is 320. The van der Waals surface area contributed by atoms with Gasteiger partial charge in [-0.3, -0.25) is 0 Å². The van der Waals surface area contributed by atoms with Crippen molar-refractivity contribution in [3.8, 4) is 0 Å². The first kappa shape index (κ1) is 9.27. The van der Waals surface area contributed by atoms with E-state index in [1.807, 2.05) is 26.2 Å². The Morgan fingerprint density at radius 1 is 1.50 bits per heavy atom. The Labute approximate surface area is 84.1 Å². The fourth-order valence-corrected chi connectivity index (χ4v) is 1.47. The second-order valence-electron chi connectivity index (χ2n) is 3.63. The lowest BCUT2D eigenvalue weighted by atomic mass is 10.2. The van der Waals surface area contributed by atoms with E-state index in [2.05, 4.69) is 20.9 Å². The number of aromatic nitrogens is 1. The molecule has 4 heteroatoms. The first-order chi connectivity index (χ1) is 6.79. The lowest BCUT2D eigenvalue weighted by Gasteiger charge is -2.28. The molecule has 0 unspecified atom stereocenters. The van der Waals surface area contributed by atoms with Gasteiger partial charge in [0.25, 0.3) is 0 Å². The number of nitrogens with one attached hydrogen (secondary N) is 3. The lowest BCUT2D eigenvalue weighted by molar-refractivity contribution is 0.471. The van der Waals surface area contributed by atoms with E-state index in [9.17, 15) is 0 Å². The maximum atomic E-state index is 4.33. The maximum absolute atomic E-state index is 4.33. The maximum Gasteiger partial charge on any atom is 0.128 e. The van der Waals surface area contributed by atoms with E-state index in [1.54, 1.807) is 0 Å². The number of hydrogen-bond acceptors (Lipinski definition) is 4. The summed E-state index contributed by atoms with van der Waals surface area (Å²) >= 11 is 0. The minimum absolute atomic E-state index is 0.537. The molecule has 4 nitrogen and oxygen atoms in total. The molecule has 0 amide bonds. The van der Waals surface area contributed by atoms with Crippen molar-refractivity contribution in [2.45, 2.75) is 13.0 Å². The first-order valence-corrected chi connectivity index (χ1v) is 4.91. The average molecular weight is 192 g/mol. The minimum Gasteiger partial charge on any atom is -0.388 e. The van der Waals surface area contributed by atoms with Gasteiger partial charge in [0, 0.05) is 38.1 Å². The zero-order valence-electron chi connectivity index (χ0n) is 8.59. The second kappa shape index (κ2) is 3.84. The van der Waals surface area contributed by atoms with Crippen LogP contribution < -0.4 is 16.0 Å². The van der Waals surface area contributed by atoms with Crippen LogP contribution in [0.1, 0.15) is 5.56 Å². The van der Waals surface area contributed by atoms with Crippen LogP contribution in [0.15, 0.2) is 12.3 Å². The molecule has 0 radical (unpaired) electrons. The van der Waals surface area contributed by atoms with E-state index in [0.29, 0.717) is 6.04 Å². The molecule has 1 fully saturated rings. The van der Waals surface area contributed by atoms with Gasteiger partial charge in [0.2, 0.25) is 0 Å². The largest absolute Gasteiger partial charge is 0.388 e. The smallest absolute Gasteiger partial charge is 0.128 e. The van der Waals surface area contributed by atoms with Gasteiger partial charge in [-0.15, -0.1) is 0 Å². The third kappa shape index (κ3) is 1.80. The quantitative estimate of drug-likeness (QED) is 0.663. The molecule has 0 atom stereocenters. The van der Waals surface area contributed by atoms with E-state index < -0.39 is 0 Å². The van der Waals surface area contributed by atoms with Crippen molar-refractivity contribution in [3.63, 3.8) is 0 Å². The van der Waals surface area contributed by atoms with E-state index in [1.165, 1.54) is 5.56 Å². The van der Waals surface area contributed by atoms with Gasteiger partial charge in [-0.25, -0.2) is 4.98 Å². The molecule has 0 spiro atoms. The van der Waals surface area contributed by atoms with Crippen molar-refractivity contribution in [1.29, 1.82) is 0 Å². The number of rotatable bonds is 3. The van der Waals surface area contributed by atoms with E-state index in [0.717, 1.165) is 24.6 Å². The Balaban J connectivity index is 2.09. The molecule has 2 heterocycles. The van der Waals surface area contributed by atoms with Crippen molar-refractivity contribution in [1.82, 2.24) is 10.3 Å². The van der Waals surface area contributed by atoms with Gasteiger partial charge in [-0.2, -0.15) is 0 Å². The normalized spacial score (nSPS) is 16.1. The molecule has 1 aliphatic rings. The van der Waals surface area contributed by atoms with Crippen LogP contribution >= 0.6 is 0 Å². The van der Waals surface area contributed by atoms with Gasteiger partial charge in [0.05, 0.1) is 6.04 Å². The van der Waals surface area contributed by atoms with Gasteiger partial charge in [0.1, 0.15) is 5.82 Å². The van der Waals surface area contributed by atoms with Crippen LogP contribution in [-0.4, -0.2) is 31.2 Å². The summed E-state index contributed by atoms with van der Waals surface area (Å²) in [6.45, 7) is 4.11. The van der Waals surface area contributed by atoms with Crippen LogP contribution in [0.5, 0.6) is 0 Å². The zero-order valence-corrected chi connectivity index (χ0v) is 8.59. The number of anilines is 2. The van der Waals surface area contributed by atoms with Crippen molar-refractivity contribution in [2.75, 3.05) is 30.8 Å². The Morgan fingerprint density at radius 2 is 2.29 bits per heavy atom. The monoisotopic (exact) mass is 192 g/mol. The van der Waals surface area contributed by atoms with Crippen molar-refractivity contribution >= 4 is 11.5 Å². The average Bonchev–Trinajstić information content (AvgIpc) is 2.14. The van der Waals surface area contributed by atoms with Crippen LogP contribution in [0, 0.1) is 6.92 Å².